The molecule has 0 aliphatic carbocycles. The first-order valence-corrected chi connectivity index (χ1v) is 7.94. The van der Waals surface area contributed by atoms with E-state index >= 15 is 0 Å². The Balaban J connectivity index is 2.02. The van der Waals surface area contributed by atoms with E-state index < -0.39 is 0 Å². The van der Waals surface area contributed by atoms with Gasteiger partial charge in [-0.05, 0) is 50.8 Å². The van der Waals surface area contributed by atoms with Crippen LogP contribution < -0.4 is 10.1 Å². The molecule has 1 fully saturated rings. The van der Waals surface area contributed by atoms with Gasteiger partial charge in [0.1, 0.15) is 11.6 Å². The van der Waals surface area contributed by atoms with E-state index in [0.717, 1.165) is 39.0 Å². The minimum absolute atomic E-state index is 0.0455. The number of ether oxygens (including phenoxy) is 2. The molecule has 0 saturated carbocycles. The second kappa shape index (κ2) is 8.35. The van der Waals surface area contributed by atoms with Gasteiger partial charge in [0.05, 0.1) is 6.61 Å². The lowest BCUT2D eigenvalue weighted by atomic mass is 10.0. The quantitative estimate of drug-likeness (QED) is 0.832. The van der Waals surface area contributed by atoms with Crippen LogP contribution in [0.5, 0.6) is 5.75 Å². The van der Waals surface area contributed by atoms with Crippen molar-refractivity contribution in [3.05, 3.63) is 29.6 Å². The van der Waals surface area contributed by atoms with Crippen molar-refractivity contribution in [2.45, 2.75) is 39.2 Å². The molecule has 0 spiro atoms. The molecule has 0 aromatic heterocycles. The zero-order valence-corrected chi connectivity index (χ0v) is 13.0. The van der Waals surface area contributed by atoms with Crippen molar-refractivity contribution < 1.29 is 13.9 Å². The Morgan fingerprint density at radius 2 is 2.14 bits per heavy atom. The summed E-state index contributed by atoms with van der Waals surface area (Å²) >= 11 is 0. The molecule has 1 atom stereocenters. The summed E-state index contributed by atoms with van der Waals surface area (Å²) in [5, 5.41) is 3.33. The summed E-state index contributed by atoms with van der Waals surface area (Å²) in [6, 6.07) is 5.03. The van der Waals surface area contributed by atoms with Crippen molar-refractivity contribution in [1.82, 2.24) is 5.32 Å². The van der Waals surface area contributed by atoms with E-state index in [1.165, 1.54) is 6.07 Å². The average Bonchev–Trinajstić information content (AvgIpc) is 2.51. The van der Waals surface area contributed by atoms with Crippen LogP contribution in [-0.2, 0) is 4.74 Å². The summed E-state index contributed by atoms with van der Waals surface area (Å²) in [4.78, 5) is 0. The normalized spacial score (nSPS) is 17.7. The molecule has 1 N–H and O–H groups in total. The first-order chi connectivity index (χ1) is 10.2. The first-order valence-electron chi connectivity index (χ1n) is 7.94. The Labute approximate surface area is 126 Å². The average molecular weight is 295 g/mol. The van der Waals surface area contributed by atoms with Crippen LogP contribution in [0.25, 0.3) is 0 Å². The molecule has 1 unspecified atom stereocenters. The zero-order chi connectivity index (χ0) is 15.1. The summed E-state index contributed by atoms with van der Waals surface area (Å²) in [5.41, 5.74) is 0.637. The number of nitrogens with one attached hydrogen (secondary N) is 1. The predicted octanol–water partition coefficient (Wildman–Crippen LogP) is 3.69. The number of hydrogen-bond acceptors (Lipinski definition) is 3. The van der Waals surface area contributed by atoms with E-state index in [2.05, 4.69) is 12.2 Å². The van der Waals surface area contributed by atoms with Crippen LogP contribution >= 0.6 is 0 Å². The molecule has 21 heavy (non-hydrogen) atoms. The Morgan fingerprint density at radius 1 is 1.38 bits per heavy atom. The van der Waals surface area contributed by atoms with Gasteiger partial charge >= 0.3 is 0 Å². The smallest absolute Gasteiger partial charge is 0.131 e. The van der Waals surface area contributed by atoms with Crippen molar-refractivity contribution in [3.63, 3.8) is 0 Å². The summed E-state index contributed by atoms with van der Waals surface area (Å²) in [7, 11) is 0. The summed E-state index contributed by atoms with van der Waals surface area (Å²) in [6.45, 7) is 7.20. The van der Waals surface area contributed by atoms with Gasteiger partial charge < -0.3 is 14.8 Å². The monoisotopic (exact) mass is 295 g/mol. The molecule has 1 aromatic carbocycles. The first kappa shape index (κ1) is 16.2. The Kier molecular flexibility index (Phi) is 6.46. The summed E-state index contributed by atoms with van der Waals surface area (Å²) in [5.74, 6) is 0.974. The maximum Gasteiger partial charge on any atom is 0.131 e. The fourth-order valence-corrected chi connectivity index (χ4v) is 2.65. The second-order valence-corrected chi connectivity index (χ2v) is 5.69. The van der Waals surface area contributed by atoms with Crippen molar-refractivity contribution >= 4 is 0 Å². The van der Waals surface area contributed by atoms with Gasteiger partial charge in [-0.1, -0.05) is 13.0 Å². The molecule has 1 aromatic rings. The van der Waals surface area contributed by atoms with Gasteiger partial charge in [0.25, 0.3) is 0 Å². The van der Waals surface area contributed by atoms with Crippen LogP contribution in [0.4, 0.5) is 4.39 Å². The van der Waals surface area contributed by atoms with Crippen molar-refractivity contribution in [3.8, 4) is 5.75 Å². The minimum atomic E-state index is -0.199. The number of halogens is 1. The lowest BCUT2D eigenvalue weighted by Crippen LogP contribution is -2.24. The highest BCUT2D eigenvalue weighted by Crippen LogP contribution is 2.29. The van der Waals surface area contributed by atoms with Crippen LogP contribution in [0.3, 0.4) is 0 Å². The van der Waals surface area contributed by atoms with E-state index in [4.69, 9.17) is 9.47 Å². The standard InChI is InChI=1S/C17H26FNO2/c1-3-9-19-13(2)17-15(18)5-4-6-16(17)21-12-14-7-10-20-11-8-14/h4-6,13-14,19H,3,7-12H2,1-2H3. The third kappa shape index (κ3) is 4.68. The molecule has 118 valence electrons. The summed E-state index contributed by atoms with van der Waals surface area (Å²) < 4.78 is 25.4. The van der Waals surface area contributed by atoms with E-state index in [0.29, 0.717) is 23.8 Å². The third-order valence-electron chi connectivity index (χ3n) is 3.96. The molecule has 3 nitrogen and oxygen atoms in total. The van der Waals surface area contributed by atoms with Gasteiger partial charge in [-0.25, -0.2) is 4.39 Å². The zero-order valence-electron chi connectivity index (χ0n) is 13.0. The highest BCUT2D eigenvalue weighted by atomic mass is 19.1. The van der Waals surface area contributed by atoms with Gasteiger partial charge in [0.2, 0.25) is 0 Å². The Bertz CT molecular complexity index is 433. The number of rotatable bonds is 7. The lowest BCUT2D eigenvalue weighted by molar-refractivity contribution is 0.0494. The van der Waals surface area contributed by atoms with E-state index in [9.17, 15) is 4.39 Å². The van der Waals surface area contributed by atoms with Crippen LogP contribution in [0.1, 0.15) is 44.7 Å². The van der Waals surface area contributed by atoms with E-state index in [1.54, 1.807) is 6.07 Å². The maximum absolute atomic E-state index is 14.2. The molecule has 0 bridgehead atoms. The van der Waals surface area contributed by atoms with Crippen molar-refractivity contribution in [2.24, 2.45) is 5.92 Å². The van der Waals surface area contributed by atoms with Crippen LogP contribution in [-0.4, -0.2) is 26.4 Å². The molecular weight excluding hydrogens is 269 g/mol. The fourth-order valence-electron chi connectivity index (χ4n) is 2.65. The third-order valence-corrected chi connectivity index (χ3v) is 3.96. The second-order valence-electron chi connectivity index (χ2n) is 5.69. The van der Waals surface area contributed by atoms with Crippen LogP contribution in [0.2, 0.25) is 0 Å². The molecular formula is C17H26FNO2. The predicted molar refractivity (Wildman–Crippen MR) is 82.1 cm³/mol. The minimum Gasteiger partial charge on any atom is -0.493 e. The molecule has 2 rings (SSSR count). The van der Waals surface area contributed by atoms with Crippen LogP contribution in [0, 0.1) is 11.7 Å². The molecule has 0 radical (unpaired) electrons. The van der Waals surface area contributed by atoms with Crippen molar-refractivity contribution in [1.29, 1.82) is 0 Å². The van der Waals surface area contributed by atoms with Gasteiger partial charge in [-0.2, -0.15) is 0 Å². The molecule has 1 heterocycles. The largest absolute Gasteiger partial charge is 0.493 e. The number of hydrogen-bond donors (Lipinski definition) is 1. The van der Waals surface area contributed by atoms with Crippen molar-refractivity contribution in [2.75, 3.05) is 26.4 Å². The highest BCUT2D eigenvalue weighted by molar-refractivity contribution is 5.37. The molecule has 0 amide bonds. The van der Waals surface area contributed by atoms with Gasteiger partial charge in [0, 0.05) is 24.8 Å². The molecule has 1 aliphatic heterocycles. The topological polar surface area (TPSA) is 30.5 Å². The van der Waals surface area contributed by atoms with E-state index in [-0.39, 0.29) is 11.9 Å². The Hall–Kier alpha value is -1.13. The van der Waals surface area contributed by atoms with Crippen LogP contribution in [0.15, 0.2) is 18.2 Å². The van der Waals surface area contributed by atoms with Gasteiger partial charge in [0.15, 0.2) is 0 Å². The number of benzene rings is 1. The Morgan fingerprint density at radius 3 is 2.86 bits per heavy atom. The highest BCUT2D eigenvalue weighted by Gasteiger charge is 2.19. The van der Waals surface area contributed by atoms with Gasteiger partial charge in [-0.3, -0.25) is 0 Å². The summed E-state index contributed by atoms with van der Waals surface area (Å²) in [6.07, 6.45) is 3.07. The maximum atomic E-state index is 14.2. The molecule has 1 saturated heterocycles. The fraction of sp³-hybridized carbons (Fsp3) is 0.647. The lowest BCUT2D eigenvalue weighted by Gasteiger charge is -2.24. The van der Waals surface area contributed by atoms with E-state index in [1.807, 2.05) is 13.0 Å². The SMILES string of the molecule is CCCNC(C)c1c(F)cccc1OCC1CCOCC1. The molecule has 4 heteroatoms. The molecule has 1 aliphatic rings. The van der Waals surface area contributed by atoms with Gasteiger partial charge in [-0.15, -0.1) is 0 Å².